The minimum Gasteiger partial charge on any atom is -0.481 e. The number of carboxylic acid groups (broad SMARTS) is 2. The van der Waals surface area contributed by atoms with E-state index in [0.29, 0.717) is 0 Å². The molecular weight excluding hydrogens is 388 g/mol. The molecule has 2 atom stereocenters. The van der Waals surface area contributed by atoms with Gasteiger partial charge in [0.15, 0.2) is 6.10 Å². The van der Waals surface area contributed by atoms with E-state index >= 15 is 0 Å². The number of rotatable bonds is 17. The van der Waals surface area contributed by atoms with E-state index in [1.54, 1.807) is 0 Å². The molecule has 0 spiro atoms. The molecule has 0 saturated heterocycles. The average molecular weight is 425 g/mol. The summed E-state index contributed by atoms with van der Waals surface area (Å²) in [5.74, 6) is -1.95. The van der Waals surface area contributed by atoms with E-state index in [0.717, 1.165) is 30.4 Å². The van der Waals surface area contributed by atoms with Crippen molar-refractivity contribution in [3.05, 3.63) is 35.4 Å². The molecule has 0 heterocycles. The minimum absolute atomic E-state index is 0.0616. The van der Waals surface area contributed by atoms with Crippen LogP contribution in [0.2, 0.25) is 0 Å². The van der Waals surface area contributed by atoms with Crippen molar-refractivity contribution < 1.29 is 24.9 Å². The van der Waals surface area contributed by atoms with E-state index in [1.807, 2.05) is 24.3 Å². The predicted octanol–water partition coefficient (Wildman–Crippen LogP) is 5.45. The Morgan fingerprint density at radius 1 is 0.931 bits per heavy atom. The zero-order valence-electron chi connectivity index (χ0n) is 17.5. The minimum atomic E-state index is -1.56. The maximum atomic E-state index is 11.4. The van der Waals surface area contributed by atoms with Gasteiger partial charge in [-0.05, 0) is 24.0 Å². The normalized spacial score (nSPS) is 13.2. The van der Waals surface area contributed by atoms with Crippen LogP contribution < -0.4 is 0 Å². The smallest absolute Gasteiger partial charge is 0.334 e. The van der Waals surface area contributed by atoms with Crippen molar-refractivity contribution in [2.45, 2.75) is 88.9 Å². The van der Waals surface area contributed by atoms with Crippen molar-refractivity contribution in [2.75, 3.05) is 5.75 Å². The first kappa shape index (κ1) is 25.5. The van der Waals surface area contributed by atoms with E-state index in [9.17, 15) is 19.8 Å². The molecule has 0 saturated carbocycles. The fourth-order valence-electron chi connectivity index (χ4n) is 3.42. The lowest BCUT2D eigenvalue weighted by atomic mass is 9.96. The molecule has 6 heteroatoms. The Hall–Kier alpha value is -1.53. The van der Waals surface area contributed by atoms with E-state index in [4.69, 9.17) is 5.11 Å². The number of carboxylic acids is 2. The summed E-state index contributed by atoms with van der Waals surface area (Å²) in [5, 5.41) is 27.7. The zero-order valence-corrected chi connectivity index (χ0v) is 18.3. The largest absolute Gasteiger partial charge is 0.481 e. The van der Waals surface area contributed by atoms with Crippen LogP contribution in [-0.4, -0.2) is 39.1 Å². The van der Waals surface area contributed by atoms with Crippen molar-refractivity contribution in [3.8, 4) is 0 Å². The van der Waals surface area contributed by atoms with Gasteiger partial charge in [0.2, 0.25) is 0 Å². The molecule has 1 aromatic carbocycles. The first-order chi connectivity index (χ1) is 14.0. The average Bonchev–Trinajstić information content (AvgIpc) is 2.70. The van der Waals surface area contributed by atoms with Crippen LogP contribution in [0.4, 0.5) is 0 Å². The van der Waals surface area contributed by atoms with Gasteiger partial charge in [0.05, 0.1) is 11.7 Å². The highest BCUT2D eigenvalue weighted by Gasteiger charge is 2.29. The number of aryl methyl sites for hydroxylation is 1. The summed E-state index contributed by atoms with van der Waals surface area (Å²) in [7, 11) is 0. The van der Waals surface area contributed by atoms with Crippen LogP contribution in [-0.2, 0) is 16.0 Å². The Morgan fingerprint density at radius 3 is 2.10 bits per heavy atom. The number of unbranched alkanes of at least 4 members (excludes halogenated alkanes) is 8. The summed E-state index contributed by atoms with van der Waals surface area (Å²) in [6, 6.07) is 7.61. The first-order valence-electron chi connectivity index (χ1n) is 10.8. The Balaban J connectivity index is 2.59. The van der Waals surface area contributed by atoms with Crippen LogP contribution in [0.15, 0.2) is 24.3 Å². The molecule has 0 amide bonds. The Bertz CT molecular complexity index is 605. The Labute approximate surface area is 178 Å². The molecule has 5 nitrogen and oxygen atoms in total. The molecule has 0 fully saturated rings. The monoisotopic (exact) mass is 424 g/mol. The third-order valence-corrected chi connectivity index (χ3v) is 6.38. The highest BCUT2D eigenvalue weighted by molar-refractivity contribution is 7.99. The quantitative estimate of drug-likeness (QED) is 0.288. The van der Waals surface area contributed by atoms with Gasteiger partial charge in [-0.25, -0.2) is 4.79 Å². The summed E-state index contributed by atoms with van der Waals surface area (Å²) in [5.41, 5.74) is 1.85. The topological polar surface area (TPSA) is 94.8 Å². The number of benzene rings is 1. The fraction of sp³-hybridized carbons (Fsp3) is 0.652. The number of hydrogen-bond donors (Lipinski definition) is 3. The molecule has 0 aliphatic heterocycles. The molecule has 0 aliphatic carbocycles. The van der Waals surface area contributed by atoms with Gasteiger partial charge in [-0.2, -0.15) is 0 Å². The lowest BCUT2D eigenvalue weighted by Crippen LogP contribution is -2.27. The summed E-state index contributed by atoms with van der Waals surface area (Å²) in [6.07, 6.45) is 10.4. The lowest BCUT2D eigenvalue weighted by Gasteiger charge is -2.22. The van der Waals surface area contributed by atoms with Crippen molar-refractivity contribution in [2.24, 2.45) is 0 Å². The zero-order chi connectivity index (χ0) is 21.5. The summed E-state index contributed by atoms with van der Waals surface area (Å²) in [6.45, 7) is 2.22. The maximum absolute atomic E-state index is 11.4. The van der Waals surface area contributed by atoms with Crippen LogP contribution in [0, 0.1) is 0 Å². The molecule has 1 aromatic rings. The van der Waals surface area contributed by atoms with Crippen molar-refractivity contribution in [1.29, 1.82) is 0 Å². The second-order valence-corrected chi connectivity index (χ2v) is 8.74. The molecule has 1 rings (SSSR count). The van der Waals surface area contributed by atoms with Gasteiger partial charge in [0, 0.05) is 5.75 Å². The van der Waals surface area contributed by atoms with Gasteiger partial charge in [-0.15, -0.1) is 11.8 Å². The van der Waals surface area contributed by atoms with Gasteiger partial charge in [-0.3, -0.25) is 4.79 Å². The van der Waals surface area contributed by atoms with E-state index < -0.39 is 23.3 Å². The van der Waals surface area contributed by atoms with Gasteiger partial charge in [-0.1, -0.05) is 82.6 Å². The number of thioether (sulfide) groups is 1. The van der Waals surface area contributed by atoms with E-state index in [2.05, 4.69) is 6.92 Å². The molecule has 0 aliphatic rings. The molecule has 29 heavy (non-hydrogen) atoms. The second-order valence-electron chi connectivity index (χ2n) is 7.50. The summed E-state index contributed by atoms with van der Waals surface area (Å²) < 4.78 is 0. The van der Waals surface area contributed by atoms with Crippen LogP contribution in [0.1, 0.15) is 87.5 Å². The van der Waals surface area contributed by atoms with E-state index in [1.165, 1.54) is 56.7 Å². The van der Waals surface area contributed by atoms with Gasteiger partial charge in [0.25, 0.3) is 0 Å². The van der Waals surface area contributed by atoms with Crippen LogP contribution in [0.5, 0.6) is 0 Å². The standard InChI is InChI=1S/C23H36O5S/c1-2-3-4-5-6-7-8-9-10-13-18-14-11-12-15-19(18)22(21(26)23(27)28)29-17-16-20(24)25/h11-12,14-15,21-22,26H,2-10,13,16-17H2,1H3,(H,24,25)(H,27,28). The van der Waals surface area contributed by atoms with Crippen LogP contribution >= 0.6 is 11.8 Å². The molecule has 3 N–H and O–H groups in total. The van der Waals surface area contributed by atoms with Crippen molar-refractivity contribution >= 4 is 23.7 Å². The number of aliphatic carboxylic acids is 2. The number of hydrogen-bond acceptors (Lipinski definition) is 4. The summed E-state index contributed by atoms with van der Waals surface area (Å²) in [4.78, 5) is 22.2. The van der Waals surface area contributed by atoms with E-state index in [-0.39, 0.29) is 12.2 Å². The second kappa shape index (κ2) is 15.3. The van der Waals surface area contributed by atoms with Crippen LogP contribution in [0.25, 0.3) is 0 Å². The third kappa shape index (κ3) is 10.7. The molecular formula is C23H36O5S. The van der Waals surface area contributed by atoms with Crippen molar-refractivity contribution in [3.63, 3.8) is 0 Å². The number of aliphatic hydroxyl groups is 1. The first-order valence-corrected chi connectivity index (χ1v) is 11.8. The molecule has 0 bridgehead atoms. The fourth-order valence-corrected chi connectivity index (χ4v) is 4.67. The van der Waals surface area contributed by atoms with Crippen molar-refractivity contribution in [1.82, 2.24) is 0 Å². The lowest BCUT2D eigenvalue weighted by molar-refractivity contribution is -0.146. The highest BCUT2D eigenvalue weighted by Crippen LogP contribution is 2.35. The van der Waals surface area contributed by atoms with Crippen LogP contribution in [0.3, 0.4) is 0 Å². The predicted molar refractivity (Wildman–Crippen MR) is 118 cm³/mol. The van der Waals surface area contributed by atoms with Gasteiger partial charge >= 0.3 is 11.9 Å². The number of carbonyl (C=O) groups is 2. The maximum Gasteiger partial charge on any atom is 0.334 e. The Morgan fingerprint density at radius 2 is 1.52 bits per heavy atom. The summed E-state index contributed by atoms with van der Waals surface area (Å²) >= 11 is 1.20. The third-order valence-electron chi connectivity index (χ3n) is 5.06. The van der Waals surface area contributed by atoms with Gasteiger partial charge < -0.3 is 15.3 Å². The molecule has 0 aromatic heterocycles. The highest BCUT2D eigenvalue weighted by atomic mass is 32.2. The molecule has 164 valence electrons. The van der Waals surface area contributed by atoms with Gasteiger partial charge in [0.1, 0.15) is 0 Å². The number of aliphatic hydroxyl groups excluding tert-OH is 1. The SMILES string of the molecule is CCCCCCCCCCCc1ccccc1C(SCCC(=O)O)C(O)C(=O)O. The molecule has 0 radical (unpaired) electrons. The molecule has 2 unspecified atom stereocenters. The Kier molecular flexibility index (Phi) is 13.5.